The molecule has 1 aliphatic heterocycles. The zero-order chi connectivity index (χ0) is 21.0. The summed E-state index contributed by atoms with van der Waals surface area (Å²) in [6, 6.07) is 8.95. The van der Waals surface area contributed by atoms with Crippen molar-refractivity contribution in [1.29, 1.82) is 0 Å². The van der Waals surface area contributed by atoms with Crippen LogP contribution in [0.3, 0.4) is 0 Å². The van der Waals surface area contributed by atoms with Crippen LogP contribution < -0.4 is 10.0 Å². The molecule has 1 aliphatic rings. The van der Waals surface area contributed by atoms with E-state index < -0.39 is 10.0 Å². The zero-order valence-corrected chi connectivity index (χ0v) is 17.4. The van der Waals surface area contributed by atoms with E-state index in [0.29, 0.717) is 30.2 Å². The second-order valence-electron chi connectivity index (χ2n) is 7.14. The van der Waals surface area contributed by atoms with Crippen molar-refractivity contribution in [2.24, 2.45) is 0 Å². The van der Waals surface area contributed by atoms with Gasteiger partial charge in [0.25, 0.3) is 5.91 Å². The van der Waals surface area contributed by atoms with Crippen LogP contribution in [0.15, 0.2) is 35.2 Å². The Balaban J connectivity index is 1.69. The number of nitrogens with zero attached hydrogens (tertiary/aromatic N) is 1. The van der Waals surface area contributed by atoms with Crippen LogP contribution in [0.5, 0.6) is 0 Å². The number of para-hydroxylation sites is 1. The standard InChI is InChI=1S/C20H26N4O4S/c1-14-18(20(26)24-12-6-7-13-24)19(15(2)22-14)29(27,28)21-11-10-17(25)23-16-8-4-3-5-9-16/h3-5,8-9,21-22H,6-7,10-13H2,1-2H3,(H,23,25). The monoisotopic (exact) mass is 418 g/mol. The highest BCUT2D eigenvalue weighted by molar-refractivity contribution is 7.89. The van der Waals surface area contributed by atoms with Gasteiger partial charge < -0.3 is 15.2 Å². The number of aromatic nitrogens is 1. The molecule has 3 N–H and O–H groups in total. The number of likely N-dealkylation sites (tertiary alicyclic amines) is 1. The molecule has 0 spiro atoms. The number of anilines is 1. The number of carbonyl (C=O) groups is 2. The molecule has 0 radical (unpaired) electrons. The first-order chi connectivity index (χ1) is 13.8. The van der Waals surface area contributed by atoms with Crippen LogP contribution in [0.25, 0.3) is 0 Å². The molecule has 2 amide bonds. The van der Waals surface area contributed by atoms with E-state index in [4.69, 9.17) is 0 Å². The highest BCUT2D eigenvalue weighted by Crippen LogP contribution is 2.26. The summed E-state index contributed by atoms with van der Waals surface area (Å²) < 4.78 is 28.3. The minimum absolute atomic E-state index is 0.0218. The number of aryl methyl sites for hydroxylation is 2. The van der Waals surface area contributed by atoms with Gasteiger partial charge in [-0.05, 0) is 38.8 Å². The fourth-order valence-corrected chi connectivity index (χ4v) is 5.02. The van der Waals surface area contributed by atoms with Gasteiger partial charge in [0.1, 0.15) is 4.90 Å². The highest BCUT2D eigenvalue weighted by Gasteiger charge is 2.32. The smallest absolute Gasteiger partial charge is 0.257 e. The summed E-state index contributed by atoms with van der Waals surface area (Å²) in [5.74, 6) is -0.569. The Labute approximate surface area is 170 Å². The summed E-state index contributed by atoms with van der Waals surface area (Å²) in [7, 11) is -3.95. The van der Waals surface area contributed by atoms with Crippen molar-refractivity contribution >= 4 is 27.5 Å². The maximum atomic E-state index is 12.9. The predicted octanol–water partition coefficient (Wildman–Crippen LogP) is 2.17. The third-order valence-corrected chi connectivity index (χ3v) is 6.53. The number of H-pyrrole nitrogens is 1. The largest absolute Gasteiger partial charge is 0.361 e. The lowest BCUT2D eigenvalue weighted by Crippen LogP contribution is -2.32. The molecule has 3 rings (SSSR count). The molecule has 1 fully saturated rings. The summed E-state index contributed by atoms with van der Waals surface area (Å²) >= 11 is 0. The van der Waals surface area contributed by atoms with Crippen molar-refractivity contribution in [2.75, 3.05) is 25.0 Å². The molecule has 2 aromatic rings. The van der Waals surface area contributed by atoms with E-state index in [0.717, 1.165) is 12.8 Å². The second-order valence-corrected chi connectivity index (χ2v) is 8.84. The van der Waals surface area contributed by atoms with E-state index in [1.165, 1.54) is 0 Å². The van der Waals surface area contributed by atoms with Gasteiger partial charge in [-0.3, -0.25) is 9.59 Å². The van der Waals surface area contributed by atoms with Gasteiger partial charge in [-0.25, -0.2) is 13.1 Å². The fraction of sp³-hybridized carbons (Fsp3) is 0.400. The molecular formula is C20H26N4O4S. The van der Waals surface area contributed by atoms with Crippen molar-refractivity contribution in [1.82, 2.24) is 14.6 Å². The van der Waals surface area contributed by atoms with Gasteiger partial charge in [-0.1, -0.05) is 18.2 Å². The summed E-state index contributed by atoms with van der Waals surface area (Å²) in [6.07, 6.45) is 1.82. The van der Waals surface area contributed by atoms with Crippen LogP contribution in [-0.4, -0.2) is 49.8 Å². The molecule has 0 saturated carbocycles. The Morgan fingerprint density at radius 3 is 2.38 bits per heavy atom. The van der Waals surface area contributed by atoms with Gasteiger partial charge in [-0.2, -0.15) is 0 Å². The van der Waals surface area contributed by atoms with E-state index in [1.807, 2.05) is 6.07 Å². The highest BCUT2D eigenvalue weighted by atomic mass is 32.2. The fourth-order valence-electron chi connectivity index (χ4n) is 3.55. The lowest BCUT2D eigenvalue weighted by Gasteiger charge is -2.17. The molecule has 1 saturated heterocycles. The van der Waals surface area contributed by atoms with E-state index in [1.54, 1.807) is 43.0 Å². The number of hydrogen-bond donors (Lipinski definition) is 3. The molecule has 0 unspecified atom stereocenters. The Morgan fingerprint density at radius 2 is 1.72 bits per heavy atom. The summed E-state index contributed by atoms with van der Waals surface area (Å²) in [6.45, 7) is 4.53. The first kappa shape index (κ1) is 21.1. The van der Waals surface area contributed by atoms with Crippen LogP contribution in [0.1, 0.15) is 41.0 Å². The van der Waals surface area contributed by atoms with E-state index in [9.17, 15) is 18.0 Å². The molecular weight excluding hydrogens is 392 g/mol. The van der Waals surface area contributed by atoms with Crippen LogP contribution in [0, 0.1) is 13.8 Å². The van der Waals surface area contributed by atoms with Gasteiger partial charge in [0, 0.05) is 43.1 Å². The lowest BCUT2D eigenvalue weighted by atomic mass is 10.2. The second kappa shape index (κ2) is 8.79. The number of rotatable bonds is 7. The summed E-state index contributed by atoms with van der Waals surface area (Å²) in [4.78, 5) is 29.5. The van der Waals surface area contributed by atoms with Crippen LogP contribution in [0.4, 0.5) is 5.69 Å². The van der Waals surface area contributed by atoms with E-state index in [2.05, 4.69) is 15.0 Å². The quantitative estimate of drug-likeness (QED) is 0.640. The molecule has 156 valence electrons. The van der Waals surface area contributed by atoms with Crippen molar-refractivity contribution in [2.45, 2.75) is 38.0 Å². The zero-order valence-electron chi connectivity index (χ0n) is 16.6. The Hall–Kier alpha value is -2.65. The van der Waals surface area contributed by atoms with Gasteiger partial charge in [-0.15, -0.1) is 0 Å². The number of amides is 2. The molecule has 0 aliphatic carbocycles. The lowest BCUT2D eigenvalue weighted by molar-refractivity contribution is -0.116. The average Bonchev–Trinajstić information content (AvgIpc) is 3.29. The molecule has 0 atom stereocenters. The molecule has 2 heterocycles. The Kier molecular flexibility index (Phi) is 6.39. The normalized spacial score (nSPS) is 14.2. The van der Waals surface area contributed by atoms with Crippen molar-refractivity contribution in [3.8, 4) is 0 Å². The number of nitrogens with one attached hydrogen (secondary N) is 3. The molecule has 9 heteroatoms. The summed E-state index contributed by atoms with van der Waals surface area (Å²) in [5.41, 5.74) is 1.77. The van der Waals surface area contributed by atoms with E-state index >= 15 is 0 Å². The van der Waals surface area contributed by atoms with Crippen LogP contribution in [-0.2, 0) is 14.8 Å². The molecule has 29 heavy (non-hydrogen) atoms. The number of aromatic amines is 1. The molecule has 0 bridgehead atoms. The minimum atomic E-state index is -3.95. The Morgan fingerprint density at radius 1 is 1.07 bits per heavy atom. The minimum Gasteiger partial charge on any atom is -0.361 e. The Bertz CT molecular complexity index is 993. The number of benzene rings is 1. The first-order valence-electron chi connectivity index (χ1n) is 9.62. The number of carbonyl (C=O) groups excluding carboxylic acids is 2. The number of hydrogen-bond acceptors (Lipinski definition) is 4. The summed E-state index contributed by atoms with van der Waals surface area (Å²) in [5, 5.41) is 2.71. The average molecular weight is 419 g/mol. The van der Waals surface area contributed by atoms with Crippen LogP contribution in [0.2, 0.25) is 0 Å². The van der Waals surface area contributed by atoms with Crippen LogP contribution >= 0.6 is 0 Å². The number of sulfonamides is 1. The van der Waals surface area contributed by atoms with Crippen molar-refractivity contribution < 1.29 is 18.0 Å². The third kappa shape index (κ3) is 4.86. The maximum Gasteiger partial charge on any atom is 0.257 e. The predicted molar refractivity (Wildman–Crippen MR) is 110 cm³/mol. The maximum absolute atomic E-state index is 12.9. The van der Waals surface area contributed by atoms with Crippen molar-refractivity contribution in [3.05, 3.63) is 47.3 Å². The van der Waals surface area contributed by atoms with E-state index in [-0.39, 0.29) is 35.2 Å². The van der Waals surface area contributed by atoms with Gasteiger partial charge in [0.15, 0.2) is 0 Å². The third-order valence-electron chi connectivity index (χ3n) is 4.90. The molecule has 1 aromatic heterocycles. The SMILES string of the molecule is Cc1[nH]c(C)c(S(=O)(=O)NCCC(=O)Nc2ccccc2)c1C(=O)N1CCCC1. The molecule has 8 nitrogen and oxygen atoms in total. The van der Waals surface area contributed by atoms with Crippen molar-refractivity contribution in [3.63, 3.8) is 0 Å². The molecule has 1 aromatic carbocycles. The van der Waals surface area contributed by atoms with Gasteiger partial charge >= 0.3 is 0 Å². The van der Waals surface area contributed by atoms with Gasteiger partial charge in [0.2, 0.25) is 15.9 Å². The topological polar surface area (TPSA) is 111 Å². The van der Waals surface area contributed by atoms with Gasteiger partial charge in [0.05, 0.1) is 5.56 Å². The first-order valence-corrected chi connectivity index (χ1v) is 11.1.